The van der Waals surface area contributed by atoms with E-state index in [4.69, 9.17) is 15.3 Å². The lowest BCUT2D eigenvalue weighted by molar-refractivity contribution is 0.286. The van der Waals surface area contributed by atoms with Crippen molar-refractivity contribution in [2.75, 3.05) is 19.2 Å². The van der Waals surface area contributed by atoms with E-state index in [1.165, 1.54) is 24.3 Å². The molecule has 1 heterocycles. The quantitative estimate of drug-likeness (QED) is 0.676. The first-order valence-corrected chi connectivity index (χ1v) is 6.51. The lowest BCUT2D eigenvalue weighted by Crippen LogP contribution is -2.27. The fraction of sp³-hybridized carbons (Fsp3) is 0.231. The molecule has 0 radical (unpaired) electrons. The number of benzene rings is 1. The number of hydrogen-bond acceptors (Lipinski definition) is 5. The Morgan fingerprint density at radius 3 is 2.74 bits per heavy atom. The number of ether oxygens (including phenoxy) is 2. The monoisotopic (exact) mass is 282 g/mol. The molecule has 6 heteroatoms. The minimum absolute atomic E-state index is 0.177. The topological polar surface area (TPSA) is 47.7 Å². The zero-order chi connectivity index (χ0) is 13.8. The third-order valence-corrected chi connectivity index (χ3v) is 3.41. The molecule has 0 aliphatic rings. The molecule has 1 aromatic heterocycles. The smallest absolute Gasteiger partial charge is 0.189 e. The molecule has 2 N–H and O–H groups in total. The van der Waals surface area contributed by atoms with Crippen LogP contribution in [0.5, 0.6) is 11.5 Å². The molecule has 0 amide bonds. The van der Waals surface area contributed by atoms with Crippen molar-refractivity contribution in [3.8, 4) is 11.5 Å². The predicted octanol–water partition coefficient (Wildman–Crippen LogP) is 2.78. The standard InChI is InChI=1S/C13H15FN2O2S/c1-16(15)12-10(14)5-6-11(17-2)13(12)18-8-9-4-3-7-19-9/h3-7H,8,15H2,1-2H3. The van der Waals surface area contributed by atoms with E-state index < -0.39 is 5.82 Å². The van der Waals surface area contributed by atoms with Gasteiger partial charge in [-0.05, 0) is 23.6 Å². The molecule has 1 aromatic carbocycles. The van der Waals surface area contributed by atoms with Gasteiger partial charge in [0.2, 0.25) is 0 Å². The van der Waals surface area contributed by atoms with Crippen molar-refractivity contribution < 1.29 is 13.9 Å². The van der Waals surface area contributed by atoms with Gasteiger partial charge in [0.05, 0.1) is 7.11 Å². The highest BCUT2D eigenvalue weighted by Gasteiger charge is 2.18. The van der Waals surface area contributed by atoms with Gasteiger partial charge in [-0.2, -0.15) is 0 Å². The van der Waals surface area contributed by atoms with Crippen molar-refractivity contribution in [1.82, 2.24) is 0 Å². The fourth-order valence-corrected chi connectivity index (χ4v) is 2.31. The Bertz CT molecular complexity index is 544. The first-order chi connectivity index (χ1) is 9.13. The van der Waals surface area contributed by atoms with Crippen LogP contribution in [0.2, 0.25) is 0 Å². The van der Waals surface area contributed by atoms with Gasteiger partial charge in [0.25, 0.3) is 0 Å². The maximum atomic E-state index is 13.8. The van der Waals surface area contributed by atoms with Crippen LogP contribution in [0, 0.1) is 5.82 Å². The summed E-state index contributed by atoms with van der Waals surface area (Å²) in [6.07, 6.45) is 0. The zero-order valence-electron chi connectivity index (χ0n) is 10.7. The van der Waals surface area contributed by atoms with E-state index in [2.05, 4.69) is 0 Å². The second-order valence-corrected chi connectivity index (χ2v) is 4.94. The van der Waals surface area contributed by atoms with Gasteiger partial charge in [0.1, 0.15) is 12.3 Å². The molecule has 0 bridgehead atoms. The molecule has 0 saturated heterocycles. The molecular formula is C13H15FN2O2S. The van der Waals surface area contributed by atoms with Crippen LogP contribution in [-0.2, 0) is 6.61 Å². The summed E-state index contributed by atoms with van der Waals surface area (Å²) in [6, 6.07) is 6.70. The van der Waals surface area contributed by atoms with Crippen LogP contribution < -0.4 is 20.3 Å². The summed E-state index contributed by atoms with van der Waals surface area (Å²) in [7, 11) is 3.06. The molecule has 0 saturated carbocycles. The minimum Gasteiger partial charge on any atom is -0.493 e. The van der Waals surface area contributed by atoms with Gasteiger partial charge in [0, 0.05) is 11.9 Å². The zero-order valence-corrected chi connectivity index (χ0v) is 11.5. The Kier molecular flexibility index (Phi) is 4.24. The molecule has 19 heavy (non-hydrogen) atoms. The van der Waals surface area contributed by atoms with Gasteiger partial charge in [-0.25, -0.2) is 10.2 Å². The second-order valence-electron chi connectivity index (χ2n) is 3.91. The van der Waals surface area contributed by atoms with Gasteiger partial charge in [-0.3, -0.25) is 0 Å². The van der Waals surface area contributed by atoms with Crippen molar-refractivity contribution >= 4 is 17.0 Å². The normalized spacial score (nSPS) is 10.3. The van der Waals surface area contributed by atoms with Gasteiger partial charge in [-0.1, -0.05) is 6.07 Å². The van der Waals surface area contributed by atoms with Crippen LogP contribution in [0.25, 0.3) is 0 Å². The molecule has 0 aliphatic carbocycles. The molecule has 4 nitrogen and oxygen atoms in total. The van der Waals surface area contributed by atoms with Gasteiger partial charge in [0.15, 0.2) is 17.3 Å². The number of halogens is 1. The highest BCUT2D eigenvalue weighted by atomic mass is 32.1. The van der Waals surface area contributed by atoms with E-state index in [-0.39, 0.29) is 5.69 Å². The van der Waals surface area contributed by atoms with Crippen LogP contribution in [0.1, 0.15) is 4.88 Å². The Hall–Kier alpha value is -1.79. The van der Waals surface area contributed by atoms with E-state index in [9.17, 15) is 4.39 Å². The average molecular weight is 282 g/mol. The molecule has 0 unspecified atom stereocenters. The first kappa shape index (κ1) is 13.6. The molecule has 102 valence electrons. The van der Waals surface area contributed by atoms with Crippen molar-refractivity contribution in [1.29, 1.82) is 0 Å². The average Bonchev–Trinajstić information content (AvgIpc) is 2.88. The summed E-state index contributed by atoms with van der Waals surface area (Å²) in [6.45, 7) is 0.346. The molecule has 0 atom stereocenters. The minimum atomic E-state index is -0.452. The van der Waals surface area contributed by atoms with Gasteiger partial charge in [-0.15, -0.1) is 11.3 Å². The van der Waals surface area contributed by atoms with Crippen LogP contribution in [0.15, 0.2) is 29.6 Å². The highest BCUT2D eigenvalue weighted by Crippen LogP contribution is 2.39. The van der Waals surface area contributed by atoms with Gasteiger partial charge >= 0.3 is 0 Å². The van der Waals surface area contributed by atoms with E-state index >= 15 is 0 Å². The fourth-order valence-electron chi connectivity index (χ4n) is 1.70. The number of hydrogen-bond donors (Lipinski definition) is 1. The summed E-state index contributed by atoms with van der Waals surface area (Å²) >= 11 is 1.57. The molecule has 2 rings (SSSR count). The van der Waals surface area contributed by atoms with E-state index in [1.54, 1.807) is 18.4 Å². The Labute approximate surface area is 115 Å². The number of hydrazine groups is 1. The first-order valence-electron chi connectivity index (χ1n) is 5.63. The Balaban J connectivity index is 2.32. The number of thiophene rings is 1. The summed E-state index contributed by atoms with van der Waals surface area (Å²) < 4.78 is 24.7. The van der Waals surface area contributed by atoms with Crippen LogP contribution in [-0.4, -0.2) is 14.2 Å². The second kappa shape index (κ2) is 5.90. The summed E-state index contributed by atoms with van der Waals surface area (Å²) in [4.78, 5) is 1.04. The number of methoxy groups -OCH3 is 1. The lowest BCUT2D eigenvalue weighted by Gasteiger charge is -2.20. The number of nitrogens with zero attached hydrogens (tertiary/aromatic N) is 1. The Morgan fingerprint density at radius 2 is 2.16 bits per heavy atom. The SMILES string of the molecule is COc1ccc(F)c(N(C)N)c1OCc1cccs1. The van der Waals surface area contributed by atoms with Crippen molar-refractivity contribution in [3.63, 3.8) is 0 Å². The predicted molar refractivity (Wildman–Crippen MR) is 74.2 cm³/mol. The van der Waals surface area contributed by atoms with E-state index in [0.29, 0.717) is 18.1 Å². The van der Waals surface area contributed by atoms with Gasteiger partial charge < -0.3 is 14.5 Å². The van der Waals surface area contributed by atoms with E-state index in [0.717, 1.165) is 4.88 Å². The van der Waals surface area contributed by atoms with Crippen molar-refractivity contribution in [2.24, 2.45) is 5.84 Å². The lowest BCUT2D eigenvalue weighted by atomic mass is 10.2. The maximum Gasteiger partial charge on any atom is 0.189 e. The van der Waals surface area contributed by atoms with Crippen LogP contribution in [0.4, 0.5) is 10.1 Å². The van der Waals surface area contributed by atoms with Crippen LogP contribution in [0.3, 0.4) is 0 Å². The summed E-state index contributed by atoms with van der Waals surface area (Å²) in [5.74, 6) is 5.95. The number of rotatable bonds is 5. The molecular weight excluding hydrogens is 267 g/mol. The third-order valence-electron chi connectivity index (χ3n) is 2.56. The molecule has 0 spiro atoms. The molecule has 0 aliphatic heterocycles. The third kappa shape index (κ3) is 2.97. The maximum absolute atomic E-state index is 13.8. The molecule has 0 fully saturated rings. The largest absolute Gasteiger partial charge is 0.493 e. The van der Waals surface area contributed by atoms with Crippen molar-refractivity contribution in [3.05, 3.63) is 40.3 Å². The summed E-state index contributed by atoms with van der Waals surface area (Å²) in [5, 5.41) is 3.14. The summed E-state index contributed by atoms with van der Waals surface area (Å²) in [5.41, 5.74) is 0.177. The highest BCUT2D eigenvalue weighted by molar-refractivity contribution is 7.09. The van der Waals surface area contributed by atoms with E-state index in [1.807, 2.05) is 17.5 Å². The molecule has 2 aromatic rings. The number of nitrogens with two attached hydrogens (primary N) is 1. The number of anilines is 1. The Morgan fingerprint density at radius 1 is 1.37 bits per heavy atom. The van der Waals surface area contributed by atoms with Crippen molar-refractivity contribution in [2.45, 2.75) is 6.61 Å². The van der Waals surface area contributed by atoms with Crippen LogP contribution >= 0.6 is 11.3 Å².